The fourth-order valence-electron chi connectivity index (χ4n) is 3.97. The molecule has 1 aromatic heterocycles. The molecule has 4 rings (SSSR count). The second-order valence-corrected chi connectivity index (χ2v) is 10.0. The monoisotopic (exact) mass is 428 g/mol. The molecule has 2 aliphatic rings. The van der Waals surface area contributed by atoms with E-state index in [-0.39, 0.29) is 23.3 Å². The number of aromatic nitrogens is 1. The van der Waals surface area contributed by atoms with Crippen LogP contribution in [0.15, 0.2) is 47.5 Å². The van der Waals surface area contributed by atoms with Gasteiger partial charge in [-0.05, 0) is 62.6 Å². The quantitative estimate of drug-likeness (QED) is 0.786. The third-order valence-electron chi connectivity index (χ3n) is 5.65. The lowest BCUT2D eigenvalue weighted by Crippen LogP contribution is -2.40. The van der Waals surface area contributed by atoms with Gasteiger partial charge in [0.15, 0.2) is 0 Å². The molecule has 1 fully saturated rings. The molecule has 2 aromatic rings. The minimum absolute atomic E-state index is 0.177. The fraction of sp³-hybridized carbons (Fsp3) is 0.381. The van der Waals surface area contributed by atoms with Crippen molar-refractivity contribution < 1.29 is 18.0 Å². The van der Waals surface area contributed by atoms with E-state index in [1.165, 1.54) is 15.3 Å². The van der Waals surface area contributed by atoms with Crippen molar-refractivity contribution in [3.05, 3.63) is 48.2 Å². The average molecular weight is 429 g/mol. The second-order valence-electron chi connectivity index (χ2n) is 8.07. The lowest BCUT2D eigenvalue weighted by Gasteiger charge is -2.19. The SMILES string of the molecule is CC1(C)C(=O)N(CC(=O)Nc2ccccn2)c2ccc(S(=O)(=O)N3CCCC3)cc21. The lowest BCUT2D eigenvalue weighted by molar-refractivity contribution is -0.124. The minimum atomic E-state index is -3.59. The molecule has 0 spiro atoms. The maximum absolute atomic E-state index is 13.1. The van der Waals surface area contributed by atoms with Crippen molar-refractivity contribution in [1.82, 2.24) is 9.29 Å². The Morgan fingerprint density at radius 2 is 1.90 bits per heavy atom. The van der Waals surface area contributed by atoms with Crippen LogP contribution in [0, 0.1) is 0 Å². The van der Waals surface area contributed by atoms with Crippen LogP contribution in [0.1, 0.15) is 32.3 Å². The van der Waals surface area contributed by atoms with Gasteiger partial charge in [0.05, 0.1) is 10.3 Å². The first kappa shape index (κ1) is 20.5. The average Bonchev–Trinajstić information content (AvgIpc) is 3.32. The summed E-state index contributed by atoms with van der Waals surface area (Å²) in [6.07, 6.45) is 3.28. The number of nitrogens with zero attached hydrogens (tertiary/aromatic N) is 3. The van der Waals surface area contributed by atoms with Crippen LogP contribution in [0.3, 0.4) is 0 Å². The largest absolute Gasteiger partial charge is 0.309 e. The van der Waals surface area contributed by atoms with Crippen LogP contribution in [-0.4, -0.2) is 49.2 Å². The van der Waals surface area contributed by atoms with Gasteiger partial charge in [0.25, 0.3) is 0 Å². The molecule has 0 unspecified atom stereocenters. The Morgan fingerprint density at radius 3 is 2.57 bits per heavy atom. The Morgan fingerprint density at radius 1 is 1.17 bits per heavy atom. The summed E-state index contributed by atoms with van der Waals surface area (Å²) in [4.78, 5) is 31.2. The maximum atomic E-state index is 13.1. The zero-order valence-corrected chi connectivity index (χ0v) is 17.8. The molecule has 9 heteroatoms. The van der Waals surface area contributed by atoms with E-state index < -0.39 is 15.4 Å². The van der Waals surface area contributed by atoms with Crippen molar-refractivity contribution in [2.45, 2.75) is 37.0 Å². The number of nitrogens with one attached hydrogen (secondary N) is 1. The number of pyridine rings is 1. The summed E-state index contributed by atoms with van der Waals surface area (Å²) in [5.74, 6) is -0.218. The van der Waals surface area contributed by atoms with Gasteiger partial charge < -0.3 is 10.2 Å². The van der Waals surface area contributed by atoms with Crippen LogP contribution >= 0.6 is 0 Å². The zero-order chi connectivity index (χ0) is 21.5. The number of carbonyl (C=O) groups is 2. The Labute approximate surface area is 175 Å². The molecule has 0 saturated carbocycles. The van der Waals surface area contributed by atoms with E-state index in [0.29, 0.717) is 30.2 Å². The number of fused-ring (bicyclic) bond motifs is 1. The molecule has 3 heterocycles. The van der Waals surface area contributed by atoms with Crippen molar-refractivity contribution >= 4 is 33.3 Å². The van der Waals surface area contributed by atoms with Gasteiger partial charge in [-0.15, -0.1) is 0 Å². The standard InChI is InChI=1S/C21H24N4O4S/c1-21(2)16-13-15(30(28,29)24-11-5-6-12-24)8-9-17(16)25(20(21)27)14-19(26)23-18-7-3-4-10-22-18/h3-4,7-10,13H,5-6,11-12,14H2,1-2H3,(H,22,23,26). The van der Waals surface area contributed by atoms with E-state index in [1.807, 2.05) is 0 Å². The Bertz CT molecular complexity index is 1090. The lowest BCUT2D eigenvalue weighted by atomic mass is 9.86. The van der Waals surface area contributed by atoms with E-state index in [1.54, 1.807) is 50.4 Å². The van der Waals surface area contributed by atoms with E-state index in [4.69, 9.17) is 0 Å². The number of benzene rings is 1. The van der Waals surface area contributed by atoms with E-state index in [9.17, 15) is 18.0 Å². The number of hydrogen-bond donors (Lipinski definition) is 1. The Kier molecular flexibility index (Phi) is 5.11. The van der Waals surface area contributed by atoms with Crippen molar-refractivity contribution in [1.29, 1.82) is 0 Å². The van der Waals surface area contributed by atoms with E-state index in [2.05, 4.69) is 10.3 Å². The molecule has 1 N–H and O–H groups in total. The predicted molar refractivity (Wildman–Crippen MR) is 113 cm³/mol. The van der Waals surface area contributed by atoms with Gasteiger partial charge in [-0.1, -0.05) is 6.07 Å². The maximum Gasteiger partial charge on any atom is 0.245 e. The summed E-state index contributed by atoms with van der Waals surface area (Å²) in [5, 5.41) is 2.67. The zero-order valence-electron chi connectivity index (χ0n) is 17.0. The number of carbonyl (C=O) groups excluding carboxylic acids is 2. The predicted octanol–water partition coefficient (Wildman–Crippen LogP) is 2.13. The molecule has 0 aliphatic carbocycles. The van der Waals surface area contributed by atoms with Gasteiger partial charge >= 0.3 is 0 Å². The van der Waals surface area contributed by atoms with Crippen LogP contribution < -0.4 is 10.2 Å². The third kappa shape index (κ3) is 3.48. The summed E-state index contributed by atoms with van der Waals surface area (Å²) in [6, 6.07) is 9.88. The number of rotatable bonds is 5. The Balaban J connectivity index is 1.62. The summed E-state index contributed by atoms with van der Waals surface area (Å²) in [6.45, 7) is 4.35. The molecular weight excluding hydrogens is 404 g/mol. The minimum Gasteiger partial charge on any atom is -0.309 e. The van der Waals surface area contributed by atoms with Gasteiger partial charge in [0.2, 0.25) is 21.8 Å². The second kappa shape index (κ2) is 7.48. The van der Waals surface area contributed by atoms with Crippen LogP contribution in [0.2, 0.25) is 0 Å². The highest BCUT2D eigenvalue weighted by molar-refractivity contribution is 7.89. The Hall–Kier alpha value is -2.78. The van der Waals surface area contributed by atoms with Gasteiger partial charge in [-0.2, -0.15) is 4.31 Å². The van der Waals surface area contributed by atoms with Gasteiger partial charge in [-0.3, -0.25) is 9.59 Å². The van der Waals surface area contributed by atoms with Crippen molar-refractivity contribution in [3.63, 3.8) is 0 Å². The fourth-order valence-corrected chi connectivity index (χ4v) is 5.51. The van der Waals surface area contributed by atoms with Crippen molar-refractivity contribution in [3.8, 4) is 0 Å². The first-order valence-electron chi connectivity index (χ1n) is 9.89. The molecule has 1 aromatic carbocycles. The molecule has 30 heavy (non-hydrogen) atoms. The topological polar surface area (TPSA) is 99.7 Å². The van der Waals surface area contributed by atoms with Crippen LogP contribution in [-0.2, 0) is 25.0 Å². The van der Waals surface area contributed by atoms with Crippen molar-refractivity contribution in [2.75, 3.05) is 29.9 Å². The van der Waals surface area contributed by atoms with Gasteiger partial charge in [0.1, 0.15) is 12.4 Å². The van der Waals surface area contributed by atoms with Crippen LogP contribution in [0.4, 0.5) is 11.5 Å². The molecular formula is C21H24N4O4S. The summed E-state index contributed by atoms with van der Waals surface area (Å²) in [5.41, 5.74) is 0.233. The molecule has 2 amide bonds. The first-order valence-corrected chi connectivity index (χ1v) is 11.3. The van der Waals surface area contributed by atoms with Gasteiger partial charge in [-0.25, -0.2) is 13.4 Å². The number of amides is 2. The van der Waals surface area contributed by atoms with Gasteiger partial charge in [0, 0.05) is 25.0 Å². The summed E-state index contributed by atoms with van der Waals surface area (Å²) in [7, 11) is -3.59. The highest BCUT2D eigenvalue weighted by Gasteiger charge is 2.45. The number of hydrogen-bond acceptors (Lipinski definition) is 5. The third-order valence-corrected chi connectivity index (χ3v) is 7.54. The molecule has 0 atom stereocenters. The smallest absolute Gasteiger partial charge is 0.245 e. The van der Waals surface area contributed by atoms with E-state index in [0.717, 1.165) is 12.8 Å². The number of anilines is 2. The highest BCUT2D eigenvalue weighted by atomic mass is 32.2. The molecule has 1 saturated heterocycles. The molecule has 158 valence electrons. The van der Waals surface area contributed by atoms with Crippen molar-refractivity contribution in [2.24, 2.45) is 0 Å². The molecule has 0 bridgehead atoms. The molecule has 0 radical (unpaired) electrons. The van der Waals surface area contributed by atoms with E-state index >= 15 is 0 Å². The summed E-state index contributed by atoms with van der Waals surface area (Å²) >= 11 is 0. The molecule has 8 nitrogen and oxygen atoms in total. The molecule has 2 aliphatic heterocycles. The number of sulfonamides is 1. The van der Waals surface area contributed by atoms with Crippen LogP contribution in [0.25, 0.3) is 0 Å². The summed E-state index contributed by atoms with van der Waals surface area (Å²) < 4.78 is 27.4. The normalized spacial score (nSPS) is 18.5. The first-order chi connectivity index (χ1) is 14.2. The highest BCUT2D eigenvalue weighted by Crippen LogP contribution is 2.42. The van der Waals surface area contributed by atoms with Crippen LogP contribution in [0.5, 0.6) is 0 Å².